The maximum Gasteiger partial charge on any atom is 0.335 e. The molecule has 160 valence electrons. The van der Waals surface area contributed by atoms with E-state index < -0.39 is 35.1 Å². The van der Waals surface area contributed by atoms with Crippen molar-refractivity contribution < 1.29 is 34.4 Å². The second kappa shape index (κ2) is 7.12. The predicted molar refractivity (Wildman–Crippen MR) is 114 cm³/mol. The zero-order valence-corrected chi connectivity index (χ0v) is 16.6. The number of fused-ring (bicyclic) bond motifs is 3. The number of carbonyl (C=O) groups excluding carboxylic acids is 2. The Hall–Kier alpha value is -4.33. The van der Waals surface area contributed by atoms with Gasteiger partial charge in [0.2, 0.25) is 0 Å². The summed E-state index contributed by atoms with van der Waals surface area (Å²) in [7, 11) is 0. The molecule has 0 radical (unpaired) electrons. The molecule has 3 aliphatic rings. The molecule has 0 saturated heterocycles. The lowest BCUT2D eigenvalue weighted by Crippen LogP contribution is -2.34. The molecule has 0 amide bonds. The number of carboxylic acids is 1. The Morgan fingerprint density at radius 2 is 1.69 bits per heavy atom. The number of aromatic hydroxyl groups is 2. The maximum absolute atomic E-state index is 12.5. The molecule has 32 heavy (non-hydrogen) atoms. The van der Waals surface area contributed by atoms with Gasteiger partial charge in [0.15, 0.2) is 28.8 Å². The van der Waals surface area contributed by atoms with Crippen molar-refractivity contribution in [2.24, 2.45) is 0 Å². The summed E-state index contributed by atoms with van der Waals surface area (Å²) in [5, 5.41) is 31.4. The Labute approximate surface area is 182 Å². The van der Waals surface area contributed by atoms with Crippen LogP contribution in [0, 0.1) is 0 Å². The highest BCUT2D eigenvalue weighted by Crippen LogP contribution is 2.54. The van der Waals surface area contributed by atoms with E-state index >= 15 is 0 Å². The van der Waals surface area contributed by atoms with Gasteiger partial charge in [0, 0.05) is 12.1 Å². The van der Waals surface area contributed by atoms with Gasteiger partial charge >= 0.3 is 5.97 Å². The van der Waals surface area contributed by atoms with Gasteiger partial charge in [-0.05, 0) is 30.7 Å². The van der Waals surface area contributed by atoms with Gasteiger partial charge in [0.25, 0.3) is 0 Å². The number of phenolic OH excluding ortho intramolecular Hbond substituents is 2. The number of hydrogen-bond donors (Lipinski definition) is 3. The maximum atomic E-state index is 12.5. The third-order valence-electron chi connectivity index (χ3n) is 5.79. The van der Waals surface area contributed by atoms with E-state index in [0.29, 0.717) is 12.2 Å². The fourth-order valence-electron chi connectivity index (χ4n) is 4.24. The third kappa shape index (κ3) is 2.88. The zero-order chi connectivity index (χ0) is 22.6. The number of ether oxygens (including phenoxy) is 1. The highest BCUT2D eigenvalue weighted by atomic mass is 16.5. The number of aliphatic carboxylic acids is 1. The molecule has 8 heteroatoms. The molecular formula is C24H17NO7. The molecule has 2 aromatic rings. The van der Waals surface area contributed by atoms with Crippen molar-refractivity contribution in [1.29, 1.82) is 0 Å². The van der Waals surface area contributed by atoms with Crippen molar-refractivity contribution in [1.82, 2.24) is 0 Å². The lowest BCUT2D eigenvalue weighted by atomic mass is 9.90. The van der Waals surface area contributed by atoms with Crippen LogP contribution in [-0.4, -0.2) is 38.9 Å². The summed E-state index contributed by atoms with van der Waals surface area (Å²) < 4.78 is 5.97. The molecule has 0 bridgehead atoms. The van der Waals surface area contributed by atoms with Crippen molar-refractivity contribution in [3.63, 3.8) is 0 Å². The molecule has 2 aromatic carbocycles. The van der Waals surface area contributed by atoms with E-state index in [1.54, 1.807) is 29.2 Å². The summed E-state index contributed by atoms with van der Waals surface area (Å²) in [6, 6.07) is 6.69. The van der Waals surface area contributed by atoms with E-state index in [9.17, 15) is 29.7 Å². The normalized spacial score (nSPS) is 18.8. The molecular weight excluding hydrogens is 414 g/mol. The average molecular weight is 431 g/mol. The Morgan fingerprint density at radius 3 is 2.34 bits per heavy atom. The quantitative estimate of drug-likeness (QED) is 0.618. The second-order valence-electron chi connectivity index (χ2n) is 7.65. The van der Waals surface area contributed by atoms with Crippen molar-refractivity contribution in [3.05, 3.63) is 76.9 Å². The molecule has 8 nitrogen and oxygen atoms in total. The summed E-state index contributed by atoms with van der Waals surface area (Å²) in [5.41, 5.74) is 0.375. The van der Waals surface area contributed by atoms with Crippen LogP contribution in [0.1, 0.15) is 32.7 Å². The molecule has 2 aliphatic carbocycles. The lowest BCUT2D eigenvalue weighted by molar-refractivity contribution is -0.132. The van der Waals surface area contributed by atoms with Gasteiger partial charge in [-0.1, -0.05) is 30.4 Å². The number of hydrogen-bond acceptors (Lipinski definition) is 7. The average Bonchev–Trinajstić information content (AvgIpc) is 2.96. The van der Waals surface area contributed by atoms with Gasteiger partial charge in [0.05, 0.1) is 22.7 Å². The van der Waals surface area contributed by atoms with Gasteiger partial charge in [-0.2, -0.15) is 0 Å². The molecule has 5 rings (SSSR count). The number of carbonyl (C=O) groups is 3. The van der Waals surface area contributed by atoms with Crippen LogP contribution in [-0.2, 0) is 11.3 Å². The monoisotopic (exact) mass is 431 g/mol. The number of rotatable bonds is 2. The summed E-state index contributed by atoms with van der Waals surface area (Å²) in [5.74, 6) is -2.97. The predicted octanol–water partition coefficient (Wildman–Crippen LogP) is 3.48. The van der Waals surface area contributed by atoms with Crippen molar-refractivity contribution in [3.8, 4) is 23.0 Å². The first-order valence-corrected chi connectivity index (χ1v) is 9.89. The van der Waals surface area contributed by atoms with Crippen LogP contribution in [0.2, 0.25) is 0 Å². The van der Waals surface area contributed by atoms with Crippen LogP contribution in [0.4, 0.5) is 5.69 Å². The molecule has 0 fully saturated rings. The Kier molecular flexibility index (Phi) is 4.37. The van der Waals surface area contributed by atoms with E-state index in [1.165, 1.54) is 6.08 Å². The smallest absolute Gasteiger partial charge is 0.335 e. The molecule has 1 atom stereocenters. The van der Waals surface area contributed by atoms with Gasteiger partial charge in [-0.25, -0.2) is 4.79 Å². The fraction of sp³-hybridized carbons (Fsp3) is 0.125. The van der Waals surface area contributed by atoms with E-state index in [4.69, 9.17) is 4.74 Å². The van der Waals surface area contributed by atoms with E-state index in [1.807, 2.05) is 12.1 Å². The number of carboxylic acid groups (broad SMARTS) is 1. The zero-order valence-electron chi connectivity index (χ0n) is 16.6. The van der Waals surface area contributed by atoms with Gasteiger partial charge in [-0.3, -0.25) is 9.59 Å². The Balaban J connectivity index is 1.74. The Morgan fingerprint density at radius 1 is 1.00 bits per heavy atom. The summed E-state index contributed by atoms with van der Waals surface area (Å²) in [6.07, 6.45) is 7.13. The minimum atomic E-state index is -1.05. The van der Waals surface area contributed by atoms with E-state index in [2.05, 4.69) is 0 Å². The van der Waals surface area contributed by atoms with Crippen LogP contribution in [0.5, 0.6) is 23.0 Å². The topological polar surface area (TPSA) is 124 Å². The van der Waals surface area contributed by atoms with Crippen LogP contribution in [0.15, 0.2) is 60.2 Å². The van der Waals surface area contributed by atoms with Gasteiger partial charge in [-0.15, -0.1) is 0 Å². The third-order valence-corrected chi connectivity index (χ3v) is 5.79. The first-order chi connectivity index (χ1) is 15.4. The number of nitrogens with zero attached hydrogens (tertiary/aromatic N) is 1. The van der Waals surface area contributed by atoms with Gasteiger partial charge in [0.1, 0.15) is 11.4 Å². The summed E-state index contributed by atoms with van der Waals surface area (Å²) in [4.78, 5) is 38.0. The molecule has 1 aliphatic heterocycles. The number of ketones is 2. The van der Waals surface area contributed by atoms with Crippen molar-refractivity contribution in [2.45, 2.75) is 19.0 Å². The van der Waals surface area contributed by atoms with E-state index in [0.717, 1.165) is 17.7 Å². The summed E-state index contributed by atoms with van der Waals surface area (Å²) in [6.45, 7) is 0.248. The van der Waals surface area contributed by atoms with E-state index in [-0.39, 0.29) is 34.7 Å². The van der Waals surface area contributed by atoms with Gasteiger partial charge < -0.3 is 25.0 Å². The number of allylic oxidation sites excluding steroid dienone is 2. The van der Waals surface area contributed by atoms with Crippen molar-refractivity contribution >= 4 is 23.2 Å². The number of benzene rings is 2. The largest absolute Gasteiger partial charge is 0.505 e. The lowest BCUT2D eigenvalue weighted by Gasteiger charge is -2.33. The van der Waals surface area contributed by atoms with Crippen LogP contribution >= 0.6 is 0 Å². The second-order valence-corrected chi connectivity index (χ2v) is 7.65. The number of anilines is 1. The molecule has 1 unspecified atom stereocenters. The van der Waals surface area contributed by atoms with Crippen LogP contribution in [0.25, 0.3) is 0 Å². The number of para-hydroxylation sites is 1. The first-order valence-electron chi connectivity index (χ1n) is 9.89. The molecule has 1 heterocycles. The molecule has 0 saturated carbocycles. The molecule has 0 spiro atoms. The van der Waals surface area contributed by atoms with Crippen LogP contribution in [0.3, 0.4) is 0 Å². The van der Waals surface area contributed by atoms with Crippen molar-refractivity contribution in [2.75, 3.05) is 4.90 Å². The Bertz CT molecular complexity index is 1300. The standard InChI is InChI=1S/C24H17NO7/c26-15-9-10-16(27)19-18(15)21(28)20-23(22(19)29)32-17-4-2-1-3-13(17)11-25(20)14-7-5-12(6-8-14)24(30)31/h1-7,9-10,14,28-29H,8,11H2,(H,30,31). The highest BCUT2D eigenvalue weighted by molar-refractivity contribution is 6.25. The molecule has 0 aromatic heterocycles. The van der Waals surface area contributed by atoms with Crippen LogP contribution < -0.4 is 9.64 Å². The minimum Gasteiger partial charge on any atom is -0.505 e. The minimum absolute atomic E-state index is 0.0655. The summed E-state index contributed by atoms with van der Waals surface area (Å²) >= 11 is 0. The SMILES string of the molecule is O=C(O)C1=CCC(N2Cc3ccccc3Oc3c(O)c4c(c(O)c32)C(=O)C=CC4=O)C=C1. The number of phenols is 2. The highest BCUT2D eigenvalue weighted by Gasteiger charge is 2.38. The molecule has 3 N–H and O–H groups in total. The fourth-order valence-corrected chi connectivity index (χ4v) is 4.24. The first kappa shape index (κ1) is 19.6.